The zero-order chi connectivity index (χ0) is 34.2. The van der Waals surface area contributed by atoms with Gasteiger partial charge in [0.15, 0.2) is 0 Å². The molecule has 0 aromatic heterocycles. The molecule has 0 aromatic carbocycles. The van der Waals surface area contributed by atoms with E-state index in [1.165, 1.54) is 250 Å². The molecule has 0 unspecified atom stereocenters. The van der Waals surface area contributed by atoms with E-state index in [4.69, 9.17) is 0 Å². The molecule has 0 spiro atoms. The summed E-state index contributed by atoms with van der Waals surface area (Å²) in [5.74, 6) is 0. The molecule has 1 N–H and O–H groups in total. The van der Waals surface area contributed by atoms with Gasteiger partial charge in [-0.3, -0.25) is 0 Å². The van der Waals surface area contributed by atoms with Gasteiger partial charge in [-0.05, 0) is 44.9 Å². The molecular formula is C45H91NO. The third-order valence-electron chi connectivity index (χ3n) is 12.2. The lowest BCUT2D eigenvalue weighted by Crippen LogP contribution is -2.62. The van der Waals surface area contributed by atoms with Crippen LogP contribution in [0, 0.1) is 0 Å². The van der Waals surface area contributed by atoms with Crippen molar-refractivity contribution in [3.63, 3.8) is 0 Å². The van der Waals surface area contributed by atoms with Crippen LogP contribution in [0.3, 0.4) is 0 Å². The molecule has 1 saturated heterocycles. The number of hydroxylamine groups is 2. The zero-order valence-electron chi connectivity index (χ0n) is 33.5. The molecule has 2 nitrogen and oxygen atoms in total. The molecule has 47 heavy (non-hydrogen) atoms. The van der Waals surface area contributed by atoms with Crippen molar-refractivity contribution in [1.29, 1.82) is 0 Å². The maximum atomic E-state index is 12.6. The van der Waals surface area contributed by atoms with Gasteiger partial charge in [-0.1, -0.05) is 233 Å². The van der Waals surface area contributed by atoms with E-state index in [2.05, 4.69) is 32.8 Å². The standard InChI is InChI=1S/C45H91NO/c1-5-9-13-17-21-25-29-33-38-44(39-34-30-26-22-18-14-10-6-2)42-37-43-45(46(44)47,40-35-31-27-23-19-15-11-7-3)41-36-32-28-24-20-16-12-8-4/h47H,5-43H2,1-4H3. The zero-order valence-corrected chi connectivity index (χ0v) is 33.5. The first-order chi connectivity index (χ1) is 23.1. The molecule has 1 fully saturated rings. The summed E-state index contributed by atoms with van der Waals surface area (Å²) in [6.45, 7) is 9.28. The Labute approximate surface area is 298 Å². The van der Waals surface area contributed by atoms with Gasteiger partial charge in [0.2, 0.25) is 0 Å². The predicted molar refractivity (Wildman–Crippen MR) is 212 cm³/mol. The summed E-state index contributed by atoms with van der Waals surface area (Å²) in [7, 11) is 0. The lowest BCUT2D eigenvalue weighted by Gasteiger charge is -2.55. The second-order valence-electron chi connectivity index (χ2n) is 16.5. The highest BCUT2D eigenvalue weighted by molar-refractivity contribution is 5.02. The normalized spacial score (nSPS) is 16.3. The van der Waals surface area contributed by atoms with Gasteiger partial charge < -0.3 is 5.21 Å². The summed E-state index contributed by atoms with van der Waals surface area (Å²) in [5.41, 5.74) is 0.0615. The van der Waals surface area contributed by atoms with Gasteiger partial charge >= 0.3 is 0 Å². The fourth-order valence-corrected chi connectivity index (χ4v) is 8.99. The minimum atomic E-state index is 0.0307. The summed E-state index contributed by atoms with van der Waals surface area (Å²) in [6, 6.07) is 0. The van der Waals surface area contributed by atoms with Crippen LogP contribution in [0.1, 0.15) is 278 Å². The van der Waals surface area contributed by atoms with Crippen LogP contribution in [0.5, 0.6) is 0 Å². The minimum Gasteiger partial charge on any atom is -0.313 e. The van der Waals surface area contributed by atoms with E-state index < -0.39 is 0 Å². The number of unbranched alkanes of at least 4 members (excludes halogenated alkanes) is 28. The quantitative estimate of drug-likeness (QED) is 0.0675. The molecule has 2 heteroatoms. The highest BCUT2D eigenvalue weighted by Gasteiger charge is 2.49. The lowest BCUT2D eigenvalue weighted by molar-refractivity contribution is -0.272. The topological polar surface area (TPSA) is 23.5 Å². The average Bonchev–Trinajstić information content (AvgIpc) is 3.08. The summed E-state index contributed by atoms with van der Waals surface area (Å²) in [5, 5.41) is 14.7. The fourth-order valence-electron chi connectivity index (χ4n) is 8.99. The van der Waals surface area contributed by atoms with Crippen molar-refractivity contribution in [1.82, 2.24) is 5.06 Å². The van der Waals surface area contributed by atoms with Gasteiger partial charge in [-0.25, -0.2) is 0 Å². The first-order valence-corrected chi connectivity index (χ1v) is 22.6. The van der Waals surface area contributed by atoms with Gasteiger partial charge in [-0.2, -0.15) is 5.06 Å². The minimum absolute atomic E-state index is 0.0307. The van der Waals surface area contributed by atoms with Crippen molar-refractivity contribution in [3.05, 3.63) is 0 Å². The molecule has 1 heterocycles. The Morgan fingerprint density at radius 1 is 0.319 bits per heavy atom. The Morgan fingerprint density at radius 3 is 0.723 bits per heavy atom. The summed E-state index contributed by atoms with van der Waals surface area (Å²) in [6.07, 6.45) is 53.0. The van der Waals surface area contributed by atoms with Crippen molar-refractivity contribution in [2.45, 2.75) is 289 Å². The summed E-state index contributed by atoms with van der Waals surface area (Å²) in [4.78, 5) is 0. The molecular weight excluding hydrogens is 571 g/mol. The molecule has 0 bridgehead atoms. The summed E-state index contributed by atoms with van der Waals surface area (Å²) >= 11 is 0. The number of nitrogens with zero attached hydrogens (tertiary/aromatic N) is 1. The van der Waals surface area contributed by atoms with Crippen LogP contribution in [-0.4, -0.2) is 21.3 Å². The van der Waals surface area contributed by atoms with Crippen molar-refractivity contribution in [2.24, 2.45) is 0 Å². The molecule has 1 rings (SSSR count). The number of piperidine rings is 1. The van der Waals surface area contributed by atoms with Crippen molar-refractivity contribution in [2.75, 3.05) is 0 Å². The van der Waals surface area contributed by atoms with Crippen LogP contribution in [-0.2, 0) is 0 Å². The smallest absolute Gasteiger partial charge is 0.0466 e. The Balaban J connectivity index is 2.86. The average molecular weight is 662 g/mol. The van der Waals surface area contributed by atoms with Gasteiger partial charge in [0, 0.05) is 11.1 Å². The van der Waals surface area contributed by atoms with Crippen LogP contribution in [0.2, 0.25) is 0 Å². The Kier molecular flexibility index (Phi) is 30.5. The maximum absolute atomic E-state index is 12.6. The van der Waals surface area contributed by atoms with Crippen molar-refractivity contribution >= 4 is 0 Å². The molecule has 0 radical (unpaired) electrons. The summed E-state index contributed by atoms with van der Waals surface area (Å²) < 4.78 is 0. The first kappa shape index (κ1) is 44.9. The van der Waals surface area contributed by atoms with Crippen LogP contribution in [0.15, 0.2) is 0 Å². The van der Waals surface area contributed by atoms with E-state index in [1.54, 1.807) is 0 Å². The van der Waals surface area contributed by atoms with Crippen LogP contribution >= 0.6 is 0 Å². The molecule has 282 valence electrons. The SMILES string of the molecule is CCCCCCCCCCC1(CCCCCCCCCC)CCCC(CCCCCCCCCC)(CCCCCCCCCC)N1O. The van der Waals surface area contributed by atoms with Gasteiger partial charge in [0.05, 0.1) is 0 Å². The van der Waals surface area contributed by atoms with Gasteiger partial charge in [-0.15, -0.1) is 0 Å². The van der Waals surface area contributed by atoms with E-state index in [-0.39, 0.29) is 11.1 Å². The highest BCUT2D eigenvalue weighted by Crippen LogP contribution is 2.48. The second kappa shape index (κ2) is 31.9. The number of hydrogen-bond donors (Lipinski definition) is 1. The first-order valence-electron chi connectivity index (χ1n) is 22.6. The Bertz CT molecular complexity index is 539. The monoisotopic (exact) mass is 662 g/mol. The van der Waals surface area contributed by atoms with E-state index in [0.717, 1.165) is 0 Å². The Morgan fingerprint density at radius 2 is 0.511 bits per heavy atom. The van der Waals surface area contributed by atoms with Crippen molar-refractivity contribution < 1.29 is 5.21 Å². The fraction of sp³-hybridized carbons (Fsp3) is 1.00. The van der Waals surface area contributed by atoms with Crippen LogP contribution < -0.4 is 0 Å². The molecule has 0 aliphatic carbocycles. The number of hydrogen-bond acceptors (Lipinski definition) is 2. The third kappa shape index (κ3) is 21.7. The second-order valence-corrected chi connectivity index (χ2v) is 16.5. The molecule has 0 aromatic rings. The number of rotatable bonds is 36. The van der Waals surface area contributed by atoms with Crippen LogP contribution in [0.4, 0.5) is 0 Å². The lowest BCUT2D eigenvalue weighted by atomic mass is 9.70. The molecule has 1 aliphatic rings. The Hall–Kier alpha value is -0.0800. The van der Waals surface area contributed by atoms with E-state index in [9.17, 15) is 5.21 Å². The molecule has 0 atom stereocenters. The van der Waals surface area contributed by atoms with Gasteiger partial charge in [0.1, 0.15) is 0 Å². The highest BCUT2D eigenvalue weighted by atomic mass is 16.5. The molecule has 1 aliphatic heterocycles. The third-order valence-corrected chi connectivity index (χ3v) is 12.2. The van der Waals surface area contributed by atoms with E-state index in [0.29, 0.717) is 0 Å². The molecule has 0 saturated carbocycles. The molecule has 0 amide bonds. The van der Waals surface area contributed by atoms with E-state index in [1.807, 2.05) is 0 Å². The maximum Gasteiger partial charge on any atom is 0.0466 e. The van der Waals surface area contributed by atoms with E-state index >= 15 is 0 Å². The largest absolute Gasteiger partial charge is 0.313 e. The van der Waals surface area contributed by atoms with Crippen LogP contribution in [0.25, 0.3) is 0 Å². The van der Waals surface area contributed by atoms with Crippen molar-refractivity contribution in [3.8, 4) is 0 Å². The van der Waals surface area contributed by atoms with Gasteiger partial charge in [0.25, 0.3) is 0 Å². The predicted octanol–water partition coefficient (Wildman–Crippen LogP) is 16.5.